The minimum absolute atomic E-state index is 0.0565. The van der Waals surface area contributed by atoms with Gasteiger partial charge in [-0.05, 0) is 54.4 Å². The number of hydrazone groups is 1. The topological polar surface area (TPSA) is 140 Å². The zero-order chi connectivity index (χ0) is 25.9. The molecule has 0 aliphatic heterocycles. The highest BCUT2D eigenvalue weighted by molar-refractivity contribution is 6.33. The highest BCUT2D eigenvalue weighted by atomic mass is 35.5. The van der Waals surface area contributed by atoms with Crippen molar-refractivity contribution in [3.63, 3.8) is 0 Å². The number of esters is 1. The van der Waals surface area contributed by atoms with Gasteiger partial charge in [0.1, 0.15) is 5.75 Å². The van der Waals surface area contributed by atoms with Gasteiger partial charge < -0.3 is 10.1 Å². The van der Waals surface area contributed by atoms with E-state index in [0.29, 0.717) is 29.1 Å². The summed E-state index contributed by atoms with van der Waals surface area (Å²) < 4.78 is 5.23. The van der Waals surface area contributed by atoms with Crippen LogP contribution in [0, 0.1) is 10.1 Å². The maximum Gasteiger partial charge on any atom is 0.343 e. The predicted molar refractivity (Wildman–Crippen MR) is 133 cm³/mol. The van der Waals surface area contributed by atoms with Crippen molar-refractivity contribution in [1.82, 2.24) is 10.7 Å². The van der Waals surface area contributed by atoms with Gasteiger partial charge in [0.25, 0.3) is 11.6 Å². The molecule has 0 radical (unpaired) electrons. The third-order valence-corrected chi connectivity index (χ3v) is 5.10. The average molecular weight is 509 g/mol. The second-order valence-corrected chi connectivity index (χ2v) is 7.81. The van der Waals surface area contributed by atoms with Gasteiger partial charge in [0.2, 0.25) is 5.91 Å². The Bertz CT molecular complexity index is 1290. The summed E-state index contributed by atoms with van der Waals surface area (Å²) in [7, 11) is 0. The fourth-order valence-corrected chi connectivity index (χ4v) is 3.18. The smallest absolute Gasteiger partial charge is 0.343 e. The van der Waals surface area contributed by atoms with Crippen LogP contribution < -0.4 is 15.5 Å². The SMILES string of the molecule is O=C(CCCNC(=O)c1ccccc1Cl)NN=Cc1ccc(OC(=O)c2cccc([N+](=O)[O-])c2)cc1. The van der Waals surface area contributed by atoms with Crippen LogP contribution in [0.15, 0.2) is 77.9 Å². The van der Waals surface area contributed by atoms with E-state index in [-0.39, 0.29) is 35.2 Å². The van der Waals surface area contributed by atoms with Gasteiger partial charge in [-0.3, -0.25) is 19.7 Å². The number of ether oxygens (including phenoxy) is 1. The van der Waals surface area contributed by atoms with Crippen molar-refractivity contribution >= 4 is 41.3 Å². The molecule has 0 fully saturated rings. The number of non-ortho nitro benzene ring substituents is 1. The molecule has 3 aromatic carbocycles. The molecule has 10 nitrogen and oxygen atoms in total. The summed E-state index contributed by atoms with van der Waals surface area (Å²) in [6.45, 7) is 0.303. The highest BCUT2D eigenvalue weighted by Crippen LogP contribution is 2.17. The van der Waals surface area contributed by atoms with E-state index in [0.717, 1.165) is 6.07 Å². The molecule has 0 atom stereocenters. The Morgan fingerprint density at radius 3 is 2.50 bits per heavy atom. The summed E-state index contributed by atoms with van der Waals surface area (Å²) in [4.78, 5) is 46.4. The summed E-state index contributed by atoms with van der Waals surface area (Å²) in [6, 6.07) is 18.2. The molecule has 0 unspecified atom stereocenters. The van der Waals surface area contributed by atoms with Crippen molar-refractivity contribution < 1.29 is 24.0 Å². The average Bonchev–Trinajstić information content (AvgIpc) is 2.88. The molecule has 11 heteroatoms. The van der Waals surface area contributed by atoms with Gasteiger partial charge in [0.05, 0.1) is 27.3 Å². The van der Waals surface area contributed by atoms with E-state index < -0.39 is 10.9 Å². The Hall–Kier alpha value is -4.57. The Kier molecular flexibility index (Phi) is 9.24. The third-order valence-electron chi connectivity index (χ3n) is 4.77. The number of carbonyl (C=O) groups excluding carboxylic acids is 3. The third kappa shape index (κ3) is 7.74. The Labute approximate surface area is 211 Å². The second kappa shape index (κ2) is 12.8. The van der Waals surface area contributed by atoms with Gasteiger partial charge in [-0.15, -0.1) is 0 Å². The van der Waals surface area contributed by atoms with E-state index in [2.05, 4.69) is 15.8 Å². The molecule has 0 saturated carbocycles. The van der Waals surface area contributed by atoms with Crippen LogP contribution in [-0.2, 0) is 4.79 Å². The van der Waals surface area contributed by atoms with E-state index in [4.69, 9.17) is 16.3 Å². The quantitative estimate of drug-likeness (QED) is 0.105. The Balaban J connectivity index is 1.39. The summed E-state index contributed by atoms with van der Waals surface area (Å²) in [5.41, 5.74) is 3.26. The number of nitro groups is 1. The predicted octanol–water partition coefficient (Wildman–Crippen LogP) is 4.13. The lowest BCUT2D eigenvalue weighted by Crippen LogP contribution is -2.26. The van der Waals surface area contributed by atoms with E-state index in [1.807, 2.05) is 0 Å². The number of rotatable bonds is 10. The van der Waals surface area contributed by atoms with Crippen LogP contribution in [0.4, 0.5) is 5.69 Å². The number of amides is 2. The number of nitrogens with zero attached hydrogens (tertiary/aromatic N) is 2. The molecule has 0 aromatic heterocycles. The molecule has 3 rings (SSSR count). The summed E-state index contributed by atoms with van der Waals surface area (Å²) >= 11 is 5.98. The van der Waals surface area contributed by atoms with Crippen LogP contribution in [0.3, 0.4) is 0 Å². The molecular formula is C25H21ClN4O6. The van der Waals surface area contributed by atoms with E-state index in [1.54, 1.807) is 36.4 Å². The first-order valence-electron chi connectivity index (χ1n) is 10.7. The van der Waals surface area contributed by atoms with E-state index in [9.17, 15) is 24.5 Å². The number of halogens is 1. The first-order chi connectivity index (χ1) is 17.3. The van der Waals surface area contributed by atoms with Gasteiger partial charge in [-0.25, -0.2) is 10.2 Å². The number of benzene rings is 3. The maximum absolute atomic E-state index is 12.2. The standard InChI is InChI=1S/C25H21ClN4O6/c26-22-8-2-1-7-21(22)24(32)27-14-4-9-23(31)29-28-16-17-10-12-20(13-11-17)36-25(33)18-5-3-6-19(15-18)30(34)35/h1-3,5-8,10-13,15-16H,4,9,14H2,(H,27,32)(H,29,31). The largest absolute Gasteiger partial charge is 0.423 e. The number of nitro benzene ring substituents is 1. The molecule has 0 spiro atoms. The van der Waals surface area contributed by atoms with E-state index in [1.165, 1.54) is 36.5 Å². The van der Waals surface area contributed by atoms with Crippen molar-refractivity contribution in [2.45, 2.75) is 12.8 Å². The van der Waals surface area contributed by atoms with Gasteiger partial charge in [-0.1, -0.05) is 29.8 Å². The molecule has 2 N–H and O–H groups in total. The molecule has 0 aliphatic rings. The van der Waals surface area contributed by atoms with Crippen molar-refractivity contribution in [2.24, 2.45) is 5.10 Å². The van der Waals surface area contributed by atoms with Gasteiger partial charge >= 0.3 is 5.97 Å². The van der Waals surface area contributed by atoms with Crippen molar-refractivity contribution in [3.8, 4) is 5.75 Å². The number of carbonyl (C=O) groups is 3. The number of hydrogen-bond acceptors (Lipinski definition) is 7. The lowest BCUT2D eigenvalue weighted by atomic mass is 10.2. The summed E-state index contributed by atoms with van der Waals surface area (Å²) in [5.74, 6) is -1.11. The molecule has 2 amide bonds. The summed E-state index contributed by atoms with van der Waals surface area (Å²) in [5, 5.41) is 17.8. The first kappa shape index (κ1) is 26.0. The number of hydrogen-bond donors (Lipinski definition) is 2. The van der Waals surface area contributed by atoms with Crippen LogP contribution in [0.1, 0.15) is 39.1 Å². The fraction of sp³-hybridized carbons (Fsp3) is 0.120. The minimum atomic E-state index is -0.726. The molecule has 0 aliphatic carbocycles. The molecular weight excluding hydrogens is 488 g/mol. The van der Waals surface area contributed by atoms with Crippen LogP contribution in [-0.4, -0.2) is 35.5 Å². The molecule has 3 aromatic rings. The normalized spacial score (nSPS) is 10.6. The van der Waals surface area contributed by atoms with Crippen LogP contribution in [0.2, 0.25) is 5.02 Å². The Morgan fingerprint density at radius 1 is 1.03 bits per heavy atom. The van der Waals surface area contributed by atoms with E-state index >= 15 is 0 Å². The maximum atomic E-state index is 12.2. The summed E-state index contributed by atoms with van der Waals surface area (Å²) in [6.07, 6.45) is 2.00. The number of nitrogens with one attached hydrogen (secondary N) is 2. The Morgan fingerprint density at radius 2 is 1.78 bits per heavy atom. The van der Waals surface area contributed by atoms with Crippen LogP contribution in [0.25, 0.3) is 0 Å². The van der Waals surface area contributed by atoms with Gasteiger partial charge in [0, 0.05) is 25.1 Å². The molecule has 0 heterocycles. The highest BCUT2D eigenvalue weighted by Gasteiger charge is 2.13. The lowest BCUT2D eigenvalue weighted by molar-refractivity contribution is -0.384. The first-order valence-corrected chi connectivity index (χ1v) is 11.1. The van der Waals surface area contributed by atoms with Crippen molar-refractivity contribution in [2.75, 3.05) is 6.54 Å². The fourth-order valence-electron chi connectivity index (χ4n) is 2.96. The molecule has 0 saturated heterocycles. The zero-order valence-corrected chi connectivity index (χ0v) is 19.6. The zero-order valence-electron chi connectivity index (χ0n) is 18.8. The van der Waals surface area contributed by atoms with Gasteiger partial charge in [0.15, 0.2) is 0 Å². The van der Waals surface area contributed by atoms with Crippen LogP contribution in [0.5, 0.6) is 5.75 Å². The lowest BCUT2D eigenvalue weighted by Gasteiger charge is -2.06. The van der Waals surface area contributed by atoms with Crippen LogP contribution >= 0.6 is 11.6 Å². The van der Waals surface area contributed by atoms with Gasteiger partial charge in [-0.2, -0.15) is 5.10 Å². The molecule has 0 bridgehead atoms. The molecule has 36 heavy (non-hydrogen) atoms. The van der Waals surface area contributed by atoms with Crippen molar-refractivity contribution in [1.29, 1.82) is 0 Å². The molecule has 184 valence electrons. The monoisotopic (exact) mass is 508 g/mol. The second-order valence-electron chi connectivity index (χ2n) is 7.40. The van der Waals surface area contributed by atoms with Crippen molar-refractivity contribution in [3.05, 3.63) is 105 Å². The minimum Gasteiger partial charge on any atom is -0.423 e.